The van der Waals surface area contributed by atoms with Gasteiger partial charge in [0, 0.05) is 24.8 Å². The molecular formula is C10H15ClN2. The molecule has 1 aliphatic carbocycles. The fourth-order valence-electron chi connectivity index (χ4n) is 1.27. The van der Waals surface area contributed by atoms with Crippen LogP contribution in [0.25, 0.3) is 0 Å². The van der Waals surface area contributed by atoms with Crippen LogP contribution in [0.1, 0.15) is 19.8 Å². The second kappa shape index (κ2) is 4.47. The highest BCUT2D eigenvalue weighted by Gasteiger charge is 2.09. The molecule has 0 radical (unpaired) electrons. The highest BCUT2D eigenvalue weighted by molar-refractivity contribution is 6.31. The maximum absolute atomic E-state index is 5.92. The van der Waals surface area contributed by atoms with Crippen molar-refractivity contribution in [3.05, 3.63) is 22.9 Å². The number of allylic oxidation sites excluding steroid dienone is 4. The van der Waals surface area contributed by atoms with Gasteiger partial charge in [0.25, 0.3) is 0 Å². The molecule has 72 valence electrons. The lowest BCUT2D eigenvalue weighted by atomic mass is 10.1. The van der Waals surface area contributed by atoms with E-state index in [-0.39, 0.29) is 0 Å². The molecule has 0 aromatic carbocycles. The summed E-state index contributed by atoms with van der Waals surface area (Å²) in [6.07, 6.45) is 6.10. The van der Waals surface area contributed by atoms with Crippen LogP contribution in [-0.4, -0.2) is 24.8 Å². The summed E-state index contributed by atoms with van der Waals surface area (Å²) in [4.78, 5) is 6.21. The first kappa shape index (κ1) is 10.3. The van der Waals surface area contributed by atoms with Gasteiger partial charge in [-0.3, -0.25) is 4.99 Å². The van der Waals surface area contributed by atoms with Gasteiger partial charge in [-0.25, -0.2) is 0 Å². The van der Waals surface area contributed by atoms with Crippen molar-refractivity contribution in [3.8, 4) is 0 Å². The quantitative estimate of drug-likeness (QED) is 0.467. The van der Waals surface area contributed by atoms with Crippen molar-refractivity contribution in [2.75, 3.05) is 14.1 Å². The summed E-state index contributed by atoms with van der Waals surface area (Å²) in [5, 5.41) is 0.831. The first-order valence-electron chi connectivity index (χ1n) is 4.38. The molecule has 13 heavy (non-hydrogen) atoms. The number of hydrogen-bond donors (Lipinski definition) is 0. The van der Waals surface area contributed by atoms with Crippen molar-refractivity contribution in [1.29, 1.82) is 0 Å². The molecule has 1 rings (SSSR count). The molecule has 0 bridgehead atoms. The molecule has 3 heteroatoms. The second-order valence-corrected chi connectivity index (χ2v) is 3.53. The third kappa shape index (κ3) is 2.59. The van der Waals surface area contributed by atoms with E-state index in [1.54, 1.807) is 7.05 Å². The molecule has 0 aliphatic heterocycles. The van der Waals surface area contributed by atoms with E-state index < -0.39 is 0 Å². The Morgan fingerprint density at radius 1 is 1.62 bits per heavy atom. The lowest BCUT2D eigenvalue weighted by molar-refractivity contribution is 0.580. The van der Waals surface area contributed by atoms with Gasteiger partial charge in [0.15, 0.2) is 0 Å². The molecule has 0 spiro atoms. The van der Waals surface area contributed by atoms with E-state index >= 15 is 0 Å². The van der Waals surface area contributed by atoms with Crippen molar-refractivity contribution in [2.24, 2.45) is 4.99 Å². The molecule has 0 heterocycles. The Morgan fingerprint density at radius 3 is 2.85 bits per heavy atom. The molecule has 0 saturated carbocycles. The minimum Gasteiger partial charge on any atom is -0.337 e. The van der Waals surface area contributed by atoms with Crippen molar-refractivity contribution in [2.45, 2.75) is 19.8 Å². The Labute approximate surface area is 84.6 Å². The molecule has 0 N–H and O–H groups in total. The van der Waals surface area contributed by atoms with E-state index in [9.17, 15) is 0 Å². The highest BCUT2D eigenvalue weighted by atomic mass is 35.5. The predicted molar refractivity (Wildman–Crippen MR) is 58.0 cm³/mol. The molecule has 2 nitrogen and oxygen atoms in total. The lowest BCUT2D eigenvalue weighted by Gasteiger charge is -2.23. The fourth-order valence-corrected chi connectivity index (χ4v) is 1.51. The van der Waals surface area contributed by atoms with E-state index in [1.807, 2.05) is 26.1 Å². The van der Waals surface area contributed by atoms with Crippen LogP contribution < -0.4 is 0 Å². The highest BCUT2D eigenvalue weighted by Crippen LogP contribution is 2.21. The molecule has 0 amide bonds. The van der Waals surface area contributed by atoms with Gasteiger partial charge in [-0.2, -0.15) is 0 Å². The van der Waals surface area contributed by atoms with Crippen LogP contribution in [0.15, 0.2) is 27.9 Å². The number of amidine groups is 1. The maximum atomic E-state index is 5.92. The Balaban J connectivity index is 2.78. The van der Waals surface area contributed by atoms with Crippen LogP contribution in [-0.2, 0) is 0 Å². The van der Waals surface area contributed by atoms with Gasteiger partial charge in [-0.05, 0) is 25.8 Å². The van der Waals surface area contributed by atoms with Gasteiger partial charge in [0.05, 0.1) is 5.84 Å². The average molecular weight is 199 g/mol. The molecule has 0 saturated heterocycles. The van der Waals surface area contributed by atoms with Crippen LogP contribution >= 0.6 is 11.6 Å². The summed E-state index contributed by atoms with van der Waals surface area (Å²) >= 11 is 5.92. The number of hydrogen-bond acceptors (Lipinski definition) is 1. The van der Waals surface area contributed by atoms with Crippen LogP contribution in [0.5, 0.6) is 0 Å². The van der Waals surface area contributed by atoms with Gasteiger partial charge in [-0.15, -0.1) is 0 Å². The summed E-state index contributed by atoms with van der Waals surface area (Å²) in [6.45, 7) is 1.99. The van der Waals surface area contributed by atoms with Gasteiger partial charge in [0.1, 0.15) is 0 Å². The molecular weight excluding hydrogens is 184 g/mol. The van der Waals surface area contributed by atoms with Crippen molar-refractivity contribution >= 4 is 17.4 Å². The normalized spacial score (nSPS) is 18.0. The van der Waals surface area contributed by atoms with Crippen LogP contribution in [0.2, 0.25) is 0 Å². The number of nitrogens with zero attached hydrogens (tertiary/aromatic N) is 2. The van der Waals surface area contributed by atoms with Crippen molar-refractivity contribution < 1.29 is 0 Å². The van der Waals surface area contributed by atoms with E-state index in [4.69, 9.17) is 11.6 Å². The lowest BCUT2D eigenvalue weighted by Crippen LogP contribution is -2.24. The standard InChI is InChI=1S/C10H15ClN2/c1-8(12-2)13(3)10-6-4-5-9(11)7-10/h5,7H,4,6H2,1-3H3/b12-8-. The van der Waals surface area contributed by atoms with Gasteiger partial charge >= 0.3 is 0 Å². The monoisotopic (exact) mass is 198 g/mol. The molecule has 0 aromatic rings. The van der Waals surface area contributed by atoms with Crippen molar-refractivity contribution in [1.82, 2.24) is 4.90 Å². The minimum absolute atomic E-state index is 0.831. The maximum Gasteiger partial charge on any atom is 0.0993 e. The van der Waals surface area contributed by atoms with Crippen LogP contribution in [0.4, 0.5) is 0 Å². The third-order valence-electron chi connectivity index (χ3n) is 2.28. The fraction of sp³-hybridized carbons (Fsp3) is 0.500. The molecule has 1 aliphatic rings. The second-order valence-electron chi connectivity index (χ2n) is 3.09. The molecule has 0 atom stereocenters. The van der Waals surface area contributed by atoms with E-state index in [0.29, 0.717) is 0 Å². The summed E-state index contributed by atoms with van der Waals surface area (Å²) in [5.41, 5.74) is 1.23. The van der Waals surface area contributed by atoms with E-state index in [0.717, 1.165) is 23.7 Å². The third-order valence-corrected chi connectivity index (χ3v) is 2.55. The molecule has 0 aromatic heterocycles. The first-order chi connectivity index (χ1) is 6.15. The van der Waals surface area contributed by atoms with Crippen LogP contribution in [0.3, 0.4) is 0 Å². The van der Waals surface area contributed by atoms with E-state index in [1.165, 1.54) is 5.70 Å². The van der Waals surface area contributed by atoms with Gasteiger partial charge in [0.2, 0.25) is 0 Å². The summed E-state index contributed by atoms with van der Waals surface area (Å²) in [6, 6.07) is 0. The Morgan fingerprint density at radius 2 is 2.31 bits per heavy atom. The van der Waals surface area contributed by atoms with E-state index in [2.05, 4.69) is 9.89 Å². The Bertz CT molecular complexity index is 277. The number of aliphatic imine (C=N–C) groups is 1. The van der Waals surface area contributed by atoms with Gasteiger partial charge < -0.3 is 4.90 Å². The smallest absolute Gasteiger partial charge is 0.0993 e. The Hall–Kier alpha value is -0.760. The summed E-state index contributed by atoms with van der Waals surface area (Å²) < 4.78 is 0. The first-order valence-corrected chi connectivity index (χ1v) is 4.76. The molecule has 0 unspecified atom stereocenters. The van der Waals surface area contributed by atoms with Crippen LogP contribution in [0, 0.1) is 0 Å². The van der Waals surface area contributed by atoms with Gasteiger partial charge in [-0.1, -0.05) is 17.7 Å². The summed E-state index contributed by atoms with van der Waals surface area (Å²) in [5.74, 6) is 1.01. The number of rotatable bonds is 1. The summed E-state index contributed by atoms with van der Waals surface area (Å²) in [7, 11) is 3.82. The molecule has 0 fully saturated rings. The Kier molecular flexibility index (Phi) is 3.55. The topological polar surface area (TPSA) is 15.6 Å². The largest absolute Gasteiger partial charge is 0.337 e. The van der Waals surface area contributed by atoms with Crippen molar-refractivity contribution in [3.63, 3.8) is 0 Å². The average Bonchev–Trinajstić information content (AvgIpc) is 2.15. The zero-order chi connectivity index (χ0) is 9.84. The predicted octanol–water partition coefficient (Wildman–Crippen LogP) is 2.77. The zero-order valence-corrected chi connectivity index (χ0v) is 9.10. The SMILES string of the molecule is C/N=C(/C)N(C)C1=CC(Cl)=CCC1. The zero-order valence-electron chi connectivity index (χ0n) is 8.34. The minimum atomic E-state index is 0.831. The number of halogens is 1.